The molecule has 15 heteroatoms. The summed E-state index contributed by atoms with van der Waals surface area (Å²) in [5.74, 6) is -5.26. The third-order valence-corrected chi connectivity index (χ3v) is 9.47. The molecule has 0 radical (unpaired) electrons. The quantitative estimate of drug-likeness (QED) is 0.154. The molecule has 1 saturated heterocycles. The predicted molar refractivity (Wildman–Crippen MR) is 192 cm³/mol. The molecule has 0 bridgehead atoms. The Morgan fingerprint density at radius 2 is 1.46 bits per heavy atom. The number of primary amides is 1. The van der Waals surface area contributed by atoms with Crippen molar-refractivity contribution in [3.63, 3.8) is 0 Å². The van der Waals surface area contributed by atoms with Crippen molar-refractivity contribution in [3.05, 3.63) is 35.9 Å². The number of ketones is 1. The van der Waals surface area contributed by atoms with Gasteiger partial charge in [-0.05, 0) is 62.8 Å². The summed E-state index contributed by atoms with van der Waals surface area (Å²) >= 11 is 0. The van der Waals surface area contributed by atoms with Gasteiger partial charge in [0, 0.05) is 19.4 Å². The van der Waals surface area contributed by atoms with Crippen LogP contribution in [-0.2, 0) is 38.4 Å². The molecule has 1 aromatic carbocycles. The molecular formula is C37H55N7O8. The summed E-state index contributed by atoms with van der Waals surface area (Å²) in [6.07, 6.45) is 8.64. The van der Waals surface area contributed by atoms with Crippen molar-refractivity contribution in [3.8, 4) is 0 Å². The number of hydrogen-bond acceptors (Lipinski definition) is 8. The number of benzene rings is 1. The van der Waals surface area contributed by atoms with Gasteiger partial charge in [0.25, 0.3) is 5.91 Å². The number of carbonyl (C=O) groups excluding carboxylic acids is 8. The molecule has 2 aliphatic rings. The van der Waals surface area contributed by atoms with Crippen molar-refractivity contribution in [2.45, 2.75) is 127 Å². The van der Waals surface area contributed by atoms with Crippen molar-refractivity contribution in [2.24, 2.45) is 11.7 Å². The SMILES string of the molecule is CCCC(NC(=O)C1CCCCNC(=O)CCCCCC(=O)N[C@@H](C2CCCCC2)C(=O)N1)C(=O)C(=O)NCC(=O)N[C@H](C(N)=O)c1ccccc1. The van der Waals surface area contributed by atoms with Gasteiger partial charge >= 0.3 is 0 Å². The zero-order chi connectivity index (χ0) is 37.9. The first kappa shape index (κ1) is 41.6. The molecule has 0 spiro atoms. The van der Waals surface area contributed by atoms with Gasteiger partial charge in [0.05, 0.1) is 12.6 Å². The highest BCUT2D eigenvalue weighted by atomic mass is 16.2. The van der Waals surface area contributed by atoms with Crippen LogP contribution in [0.15, 0.2) is 30.3 Å². The Kier molecular flexibility index (Phi) is 17.8. The Morgan fingerprint density at radius 1 is 0.808 bits per heavy atom. The molecule has 1 aliphatic carbocycles. The highest BCUT2D eigenvalue weighted by molar-refractivity contribution is 6.38. The smallest absolute Gasteiger partial charge is 0.290 e. The fraction of sp³-hybridized carbons (Fsp3) is 0.622. The van der Waals surface area contributed by atoms with E-state index >= 15 is 0 Å². The summed E-state index contributed by atoms with van der Waals surface area (Å²) in [4.78, 5) is 103. The molecule has 0 aromatic heterocycles. The van der Waals surface area contributed by atoms with Crippen LogP contribution in [0.2, 0.25) is 0 Å². The second-order valence-corrected chi connectivity index (χ2v) is 13.6. The van der Waals surface area contributed by atoms with E-state index in [1.165, 1.54) is 0 Å². The number of carbonyl (C=O) groups is 8. The first-order chi connectivity index (χ1) is 25.0. The molecule has 8 N–H and O–H groups in total. The molecular weight excluding hydrogens is 670 g/mol. The fourth-order valence-electron chi connectivity index (χ4n) is 6.59. The number of Topliss-reactive ketones (excluding diaryl/α,β-unsaturated/α-hetero) is 1. The summed E-state index contributed by atoms with van der Waals surface area (Å²) in [7, 11) is 0. The molecule has 1 saturated carbocycles. The Hall–Kier alpha value is -4.82. The molecule has 1 aliphatic heterocycles. The summed E-state index contributed by atoms with van der Waals surface area (Å²) in [6, 6.07) is 3.97. The molecule has 1 heterocycles. The minimum atomic E-state index is -1.25. The van der Waals surface area contributed by atoms with Crippen molar-refractivity contribution in [1.29, 1.82) is 0 Å². The van der Waals surface area contributed by atoms with Crippen LogP contribution >= 0.6 is 0 Å². The van der Waals surface area contributed by atoms with E-state index in [2.05, 4.69) is 31.9 Å². The van der Waals surface area contributed by atoms with Gasteiger partial charge in [-0.15, -0.1) is 0 Å². The summed E-state index contributed by atoms with van der Waals surface area (Å²) in [5, 5.41) is 15.9. The molecule has 1 aromatic rings. The van der Waals surface area contributed by atoms with Gasteiger partial charge < -0.3 is 37.6 Å². The highest BCUT2D eigenvalue weighted by Crippen LogP contribution is 2.27. The van der Waals surface area contributed by atoms with E-state index in [-0.39, 0.29) is 37.0 Å². The number of hydrogen-bond donors (Lipinski definition) is 7. The van der Waals surface area contributed by atoms with Crippen molar-refractivity contribution >= 4 is 47.1 Å². The van der Waals surface area contributed by atoms with Crippen LogP contribution in [0.25, 0.3) is 0 Å². The number of amides is 7. The lowest BCUT2D eigenvalue weighted by Gasteiger charge is -2.31. The first-order valence-corrected chi connectivity index (χ1v) is 18.6. The van der Waals surface area contributed by atoms with E-state index in [0.29, 0.717) is 57.1 Å². The normalized spacial score (nSPS) is 21.1. The van der Waals surface area contributed by atoms with E-state index in [1.54, 1.807) is 37.3 Å². The molecule has 2 fully saturated rings. The third-order valence-electron chi connectivity index (χ3n) is 9.47. The monoisotopic (exact) mass is 725 g/mol. The van der Waals surface area contributed by atoms with Gasteiger partial charge in [-0.2, -0.15) is 0 Å². The van der Waals surface area contributed by atoms with E-state index < -0.39 is 66.0 Å². The van der Waals surface area contributed by atoms with Crippen molar-refractivity contribution in [1.82, 2.24) is 31.9 Å². The van der Waals surface area contributed by atoms with Crippen LogP contribution in [-0.4, -0.2) is 78.3 Å². The van der Waals surface area contributed by atoms with Crippen molar-refractivity contribution < 1.29 is 38.4 Å². The first-order valence-electron chi connectivity index (χ1n) is 18.6. The van der Waals surface area contributed by atoms with Crippen LogP contribution < -0.4 is 37.6 Å². The Balaban J connectivity index is 1.70. The van der Waals surface area contributed by atoms with Crippen LogP contribution in [0.4, 0.5) is 0 Å². The minimum absolute atomic E-state index is 0.0886. The van der Waals surface area contributed by atoms with Crippen molar-refractivity contribution in [2.75, 3.05) is 13.1 Å². The molecule has 2 unspecified atom stereocenters. The summed E-state index contributed by atoms with van der Waals surface area (Å²) in [6.45, 7) is 1.53. The summed E-state index contributed by atoms with van der Waals surface area (Å²) < 4.78 is 0. The van der Waals surface area contributed by atoms with Crippen LogP contribution in [0, 0.1) is 5.92 Å². The predicted octanol–water partition coefficient (Wildman–Crippen LogP) is 1.10. The number of nitrogens with two attached hydrogens (primary N) is 1. The average Bonchev–Trinajstić information content (AvgIpc) is 3.14. The third kappa shape index (κ3) is 14.1. The molecule has 52 heavy (non-hydrogen) atoms. The summed E-state index contributed by atoms with van der Waals surface area (Å²) in [5.41, 5.74) is 5.90. The largest absolute Gasteiger partial charge is 0.368 e. The zero-order valence-electron chi connectivity index (χ0n) is 30.1. The molecule has 3 rings (SSSR count). The Labute approximate surface area is 305 Å². The van der Waals surface area contributed by atoms with Crippen LogP contribution in [0.1, 0.15) is 115 Å². The van der Waals surface area contributed by atoms with E-state index in [1.807, 2.05) is 0 Å². The second-order valence-electron chi connectivity index (χ2n) is 13.6. The average molecular weight is 726 g/mol. The topological polar surface area (TPSA) is 235 Å². The lowest BCUT2D eigenvalue weighted by atomic mass is 9.83. The minimum Gasteiger partial charge on any atom is -0.368 e. The van der Waals surface area contributed by atoms with Gasteiger partial charge in [0.1, 0.15) is 18.1 Å². The van der Waals surface area contributed by atoms with Crippen LogP contribution in [0.3, 0.4) is 0 Å². The Morgan fingerprint density at radius 3 is 2.13 bits per heavy atom. The highest BCUT2D eigenvalue weighted by Gasteiger charge is 2.35. The number of nitrogens with one attached hydrogen (secondary N) is 6. The van der Waals surface area contributed by atoms with Gasteiger partial charge in [0.2, 0.25) is 41.2 Å². The van der Waals surface area contributed by atoms with E-state index in [9.17, 15) is 38.4 Å². The van der Waals surface area contributed by atoms with Gasteiger partial charge in [-0.3, -0.25) is 38.4 Å². The molecule has 286 valence electrons. The fourth-order valence-corrected chi connectivity index (χ4v) is 6.59. The van der Waals surface area contributed by atoms with Gasteiger partial charge in [0.15, 0.2) is 0 Å². The second kappa shape index (κ2) is 22.2. The van der Waals surface area contributed by atoms with Gasteiger partial charge in [-0.25, -0.2) is 0 Å². The maximum absolute atomic E-state index is 13.8. The molecule has 7 amide bonds. The van der Waals surface area contributed by atoms with E-state index in [0.717, 1.165) is 32.1 Å². The Bertz CT molecular complexity index is 1400. The lowest BCUT2D eigenvalue weighted by molar-refractivity contribution is -0.141. The van der Waals surface area contributed by atoms with E-state index in [4.69, 9.17) is 5.73 Å². The zero-order valence-corrected chi connectivity index (χ0v) is 30.1. The molecule has 15 nitrogen and oxygen atoms in total. The standard InChI is InChI=1S/C37H55N7O8/c1-2-14-26(33(48)37(52)40-23-30(47)44-31(34(38)49)24-15-6-3-7-16-24)41-35(50)27-19-12-13-22-39-28(45)20-10-5-11-21-29(46)43-32(36(51)42-27)25-17-8-4-9-18-25/h3,6-7,15-16,25-27,31-32H,2,4-5,8-14,17-23H2,1H3,(H2,38,49)(H,39,45)(H,40,52)(H,41,50)(H,42,51)(H,43,46)(H,44,47)/t26?,27?,31-,32-/m0/s1. The maximum Gasteiger partial charge on any atom is 0.290 e. The number of rotatable bonds is 12. The van der Waals surface area contributed by atoms with Crippen LogP contribution in [0.5, 0.6) is 0 Å². The lowest BCUT2D eigenvalue weighted by Crippen LogP contribution is -2.58. The maximum atomic E-state index is 13.8. The molecule has 4 atom stereocenters. The van der Waals surface area contributed by atoms with Gasteiger partial charge in [-0.1, -0.05) is 69.4 Å².